The lowest BCUT2D eigenvalue weighted by atomic mass is 10.2. The largest absolute Gasteiger partial charge is 0.391 e. The molecule has 0 amide bonds. The van der Waals surface area contributed by atoms with E-state index in [9.17, 15) is 5.11 Å². The molecule has 0 aromatic carbocycles. The Morgan fingerprint density at radius 2 is 2.08 bits per heavy atom. The van der Waals surface area contributed by atoms with E-state index in [1.807, 2.05) is 6.92 Å². The zero-order valence-corrected chi connectivity index (χ0v) is 8.75. The van der Waals surface area contributed by atoms with Crippen molar-refractivity contribution >= 4 is 0 Å². The summed E-state index contributed by atoms with van der Waals surface area (Å²) in [6, 6.07) is 0. The van der Waals surface area contributed by atoms with E-state index in [0.29, 0.717) is 13.0 Å². The number of hydrogen-bond donors (Lipinski definition) is 2. The van der Waals surface area contributed by atoms with Gasteiger partial charge >= 0.3 is 0 Å². The van der Waals surface area contributed by atoms with Crippen LogP contribution in [0.2, 0.25) is 0 Å². The smallest absolute Gasteiger partial charge is 0.0785 e. The molecule has 4 nitrogen and oxygen atoms in total. The summed E-state index contributed by atoms with van der Waals surface area (Å²) in [6.07, 6.45) is 0.569. The molecule has 0 bridgehead atoms. The third-order valence-electron chi connectivity index (χ3n) is 1.85. The minimum Gasteiger partial charge on any atom is -0.391 e. The average molecular weight is 191 g/mol. The molecule has 2 atom stereocenters. The Labute approximate surface area is 80.2 Å². The van der Waals surface area contributed by atoms with Gasteiger partial charge in [-0.2, -0.15) is 0 Å². The van der Waals surface area contributed by atoms with Crippen molar-refractivity contribution in [3.8, 4) is 0 Å². The lowest BCUT2D eigenvalue weighted by Gasteiger charge is -2.12. The van der Waals surface area contributed by atoms with Gasteiger partial charge in [-0.3, -0.25) is 0 Å². The van der Waals surface area contributed by atoms with Gasteiger partial charge < -0.3 is 19.9 Å². The molecule has 80 valence electrons. The van der Waals surface area contributed by atoms with E-state index in [4.69, 9.17) is 9.47 Å². The van der Waals surface area contributed by atoms with Crippen molar-refractivity contribution < 1.29 is 14.6 Å². The molecule has 4 heteroatoms. The van der Waals surface area contributed by atoms with Crippen molar-refractivity contribution in [3.63, 3.8) is 0 Å². The maximum Gasteiger partial charge on any atom is 0.0785 e. The van der Waals surface area contributed by atoms with E-state index >= 15 is 0 Å². The summed E-state index contributed by atoms with van der Waals surface area (Å²) in [5.74, 6) is 0. The van der Waals surface area contributed by atoms with Gasteiger partial charge in [-0.05, 0) is 19.9 Å². The van der Waals surface area contributed by atoms with Crippen LogP contribution in [-0.4, -0.2) is 51.2 Å². The summed E-state index contributed by atoms with van der Waals surface area (Å²) in [6.45, 7) is 4.01. The Balaban J connectivity index is 3.15. The highest BCUT2D eigenvalue weighted by Crippen LogP contribution is 1.90. The molecule has 0 saturated heterocycles. The molecule has 0 heterocycles. The number of methoxy groups -OCH3 is 2. The molecule has 0 aliphatic heterocycles. The van der Waals surface area contributed by atoms with Crippen LogP contribution >= 0.6 is 0 Å². The number of nitrogens with one attached hydrogen (secondary N) is 1. The minimum atomic E-state index is -0.365. The van der Waals surface area contributed by atoms with Crippen molar-refractivity contribution in [1.29, 1.82) is 0 Å². The third kappa shape index (κ3) is 8.18. The SMILES string of the molecule is COCC(O)CCNCC(C)OC. The molecule has 0 fully saturated rings. The highest BCUT2D eigenvalue weighted by atomic mass is 16.5. The molecule has 0 radical (unpaired) electrons. The fourth-order valence-electron chi connectivity index (χ4n) is 0.933. The summed E-state index contributed by atoms with van der Waals surface area (Å²) in [5.41, 5.74) is 0. The standard InChI is InChI=1S/C9H21NO3/c1-8(13-3)6-10-5-4-9(11)7-12-2/h8-11H,4-7H2,1-3H3. The van der Waals surface area contributed by atoms with Crippen molar-refractivity contribution in [2.75, 3.05) is 33.9 Å². The van der Waals surface area contributed by atoms with Gasteiger partial charge in [0.25, 0.3) is 0 Å². The number of aliphatic hydroxyl groups excluding tert-OH is 1. The van der Waals surface area contributed by atoms with Crippen molar-refractivity contribution in [3.05, 3.63) is 0 Å². The molecule has 0 rings (SSSR count). The van der Waals surface area contributed by atoms with Gasteiger partial charge in [-0.15, -0.1) is 0 Å². The van der Waals surface area contributed by atoms with E-state index in [-0.39, 0.29) is 12.2 Å². The van der Waals surface area contributed by atoms with Crippen LogP contribution in [0.25, 0.3) is 0 Å². The Hall–Kier alpha value is -0.160. The molecule has 2 N–H and O–H groups in total. The van der Waals surface area contributed by atoms with Crippen LogP contribution < -0.4 is 5.32 Å². The normalized spacial score (nSPS) is 15.7. The Morgan fingerprint density at radius 1 is 1.38 bits per heavy atom. The predicted octanol–water partition coefficient (Wildman–Crippen LogP) is 0.00830. The Bertz CT molecular complexity index is 111. The first-order chi connectivity index (χ1) is 6.20. The van der Waals surface area contributed by atoms with Crippen LogP contribution in [0.4, 0.5) is 0 Å². The van der Waals surface area contributed by atoms with Gasteiger partial charge in [0.15, 0.2) is 0 Å². The number of hydrogen-bond acceptors (Lipinski definition) is 4. The van der Waals surface area contributed by atoms with Gasteiger partial charge in [0.05, 0.1) is 18.8 Å². The summed E-state index contributed by atoms with van der Waals surface area (Å²) in [7, 11) is 3.27. The zero-order valence-electron chi connectivity index (χ0n) is 8.75. The highest BCUT2D eigenvalue weighted by molar-refractivity contribution is 4.59. The van der Waals surface area contributed by atoms with Crippen molar-refractivity contribution in [2.45, 2.75) is 25.6 Å². The molecule has 0 aliphatic rings. The monoisotopic (exact) mass is 191 g/mol. The van der Waals surface area contributed by atoms with Crippen molar-refractivity contribution in [1.82, 2.24) is 5.32 Å². The topological polar surface area (TPSA) is 50.7 Å². The van der Waals surface area contributed by atoms with Crippen LogP contribution in [-0.2, 0) is 9.47 Å². The van der Waals surface area contributed by atoms with Crippen LogP contribution in [0.5, 0.6) is 0 Å². The maximum absolute atomic E-state index is 9.28. The molecule has 0 aliphatic carbocycles. The molecule has 13 heavy (non-hydrogen) atoms. The lowest BCUT2D eigenvalue weighted by Crippen LogP contribution is -2.29. The summed E-state index contributed by atoms with van der Waals surface area (Å²) in [4.78, 5) is 0. The molecule has 2 unspecified atom stereocenters. The van der Waals surface area contributed by atoms with E-state index in [1.54, 1.807) is 14.2 Å². The first kappa shape index (κ1) is 12.8. The quantitative estimate of drug-likeness (QED) is 0.531. The van der Waals surface area contributed by atoms with Gasteiger partial charge in [-0.25, -0.2) is 0 Å². The number of rotatable bonds is 8. The molecule has 0 aromatic rings. The fraction of sp³-hybridized carbons (Fsp3) is 1.00. The highest BCUT2D eigenvalue weighted by Gasteiger charge is 2.03. The first-order valence-corrected chi connectivity index (χ1v) is 4.61. The molecule has 0 spiro atoms. The minimum absolute atomic E-state index is 0.222. The second-order valence-electron chi connectivity index (χ2n) is 3.15. The second-order valence-corrected chi connectivity index (χ2v) is 3.15. The zero-order chi connectivity index (χ0) is 10.1. The van der Waals surface area contributed by atoms with Gasteiger partial charge in [0.2, 0.25) is 0 Å². The predicted molar refractivity (Wildman–Crippen MR) is 51.8 cm³/mol. The van der Waals surface area contributed by atoms with E-state index in [0.717, 1.165) is 13.1 Å². The lowest BCUT2D eigenvalue weighted by molar-refractivity contribution is 0.0580. The maximum atomic E-state index is 9.28. The summed E-state index contributed by atoms with van der Waals surface area (Å²) in [5, 5.41) is 12.5. The Kier molecular flexibility index (Phi) is 8.33. The van der Waals surface area contributed by atoms with E-state index < -0.39 is 0 Å². The second kappa shape index (κ2) is 8.44. The Morgan fingerprint density at radius 3 is 2.62 bits per heavy atom. The van der Waals surface area contributed by atoms with Crippen molar-refractivity contribution in [2.24, 2.45) is 0 Å². The van der Waals surface area contributed by atoms with Gasteiger partial charge in [-0.1, -0.05) is 0 Å². The summed E-state index contributed by atoms with van der Waals surface area (Å²) < 4.78 is 9.86. The van der Waals surface area contributed by atoms with E-state index in [2.05, 4.69) is 5.32 Å². The molecule has 0 aromatic heterocycles. The third-order valence-corrected chi connectivity index (χ3v) is 1.85. The summed E-state index contributed by atoms with van der Waals surface area (Å²) >= 11 is 0. The molecular weight excluding hydrogens is 170 g/mol. The molecule has 0 saturated carbocycles. The van der Waals surface area contributed by atoms with Gasteiger partial charge in [0, 0.05) is 20.8 Å². The van der Waals surface area contributed by atoms with Gasteiger partial charge in [0.1, 0.15) is 0 Å². The van der Waals surface area contributed by atoms with Crippen LogP contribution in [0.3, 0.4) is 0 Å². The average Bonchev–Trinajstić information content (AvgIpc) is 2.12. The van der Waals surface area contributed by atoms with Crippen LogP contribution in [0, 0.1) is 0 Å². The van der Waals surface area contributed by atoms with Crippen LogP contribution in [0.15, 0.2) is 0 Å². The molecular formula is C9H21NO3. The first-order valence-electron chi connectivity index (χ1n) is 4.61. The van der Waals surface area contributed by atoms with Crippen LogP contribution in [0.1, 0.15) is 13.3 Å². The fourth-order valence-corrected chi connectivity index (χ4v) is 0.933. The number of ether oxygens (including phenoxy) is 2. The number of aliphatic hydroxyl groups is 1. The van der Waals surface area contributed by atoms with E-state index in [1.165, 1.54) is 0 Å².